The van der Waals surface area contributed by atoms with Crippen molar-refractivity contribution in [1.82, 2.24) is 14.8 Å². The van der Waals surface area contributed by atoms with E-state index in [2.05, 4.69) is 53.2 Å². The predicted molar refractivity (Wildman–Crippen MR) is 211 cm³/mol. The molecule has 270 valence electrons. The van der Waals surface area contributed by atoms with Gasteiger partial charge < -0.3 is 19.1 Å². The van der Waals surface area contributed by atoms with Crippen molar-refractivity contribution in [1.29, 1.82) is 0 Å². The fourth-order valence-electron chi connectivity index (χ4n) is 5.74. The van der Waals surface area contributed by atoms with Crippen LogP contribution in [0.4, 0.5) is 0 Å². The molecule has 0 N–H and O–H groups in total. The van der Waals surface area contributed by atoms with Crippen LogP contribution in [0.1, 0.15) is 33.4 Å². The third-order valence-electron chi connectivity index (χ3n) is 8.70. The molecule has 5 aromatic rings. The zero-order chi connectivity index (χ0) is 35.6. The minimum absolute atomic E-state index is 0. The van der Waals surface area contributed by atoms with E-state index in [0.29, 0.717) is 53.7 Å². The molecular formula is C42H42Cl3N3O4. The average Bonchev–Trinajstić information content (AvgIpc) is 3.14. The maximum Gasteiger partial charge on any atom is 0.246 e. The number of rotatable bonds is 13. The maximum atomic E-state index is 13.0. The number of amides is 1. The molecule has 0 unspecified atom stereocenters. The maximum absolute atomic E-state index is 13.0. The van der Waals surface area contributed by atoms with E-state index in [0.717, 1.165) is 48.5 Å². The van der Waals surface area contributed by atoms with Gasteiger partial charge in [0.25, 0.3) is 0 Å². The molecule has 1 aromatic heterocycles. The van der Waals surface area contributed by atoms with Gasteiger partial charge in [0, 0.05) is 56.3 Å². The highest BCUT2D eigenvalue weighted by atomic mass is 35.5. The standard InChI is InChI=1S/C42H41Cl2N3O4.ClH/c1-30-3-5-34(6-4-30)29-50-38-16-17-40(45-27-38)51-42-31(2)25-35(26-39(42)44)11-18-41(48)47-22-20-46(21-23-47)28-33-9-7-32(8-10-33)19-24-49-37-14-12-36(43)13-15-37;/h3-18,25-27H,19-24,28-29H2,1-2H3;1H. The predicted octanol–water partition coefficient (Wildman–Crippen LogP) is 9.78. The molecule has 1 fully saturated rings. The van der Waals surface area contributed by atoms with Gasteiger partial charge in [-0.3, -0.25) is 9.69 Å². The number of benzene rings is 4. The zero-order valence-corrected chi connectivity index (χ0v) is 31.6. The van der Waals surface area contributed by atoms with Crippen molar-refractivity contribution < 1.29 is 19.0 Å². The lowest BCUT2D eigenvalue weighted by Gasteiger charge is -2.34. The number of aryl methyl sites for hydroxylation is 2. The molecule has 6 rings (SSSR count). The van der Waals surface area contributed by atoms with Crippen molar-refractivity contribution in [2.24, 2.45) is 0 Å². The minimum atomic E-state index is -0.0113. The van der Waals surface area contributed by atoms with E-state index in [1.807, 2.05) is 60.4 Å². The average molecular weight is 759 g/mol. The lowest BCUT2D eigenvalue weighted by Crippen LogP contribution is -2.47. The summed E-state index contributed by atoms with van der Waals surface area (Å²) in [6.07, 6.45) is 5.89. The number of carbonyl (C=O) groups is 1. The SMILES string of the molecule is Cc1ccc(COc2ccc(Oc3c(C)cc(C=CC(=O)N4CCN(Cc5ccc(CCOc6ccc(Cl)cc6)cc5)CC4)cc3Cl)nc2)cc1.Cl. The Bertz CT molecular complexity index is 1900. The smallest absolute Gasteiger partial charge is 0.246 e. The molecule has 1 aliphatic heterocycles. The summed E-state index contributed by atoms with van der Waals surface area (Å²) in [5, 5.41) is 1.14. The van der Waals surface area contributed by atoms with E-state index in [-0.39, 0.29) is 18.3 Å². The van der Waals surface area contributed by atoms with Gasteiger partial charge in [-0.1, -0.05) is 77.3 Å². The van der Waals surface area contributed by atoms with Crippen LogP contribution in [0.5, 0.6) is 23.1 Å². The van der Waals surface area contributed by atoms with Crippen molar-refractivity contribution >= 4 is 47.6 Å². The molecule has 0 atom stereocenters. The van der Waals surface area contributed by atoms with Gasteiger partial charge in [0.2, 0.25) is 11.8 Å². The Morgan fingerprint density at radius 3 is 2.13 bits per heavy atom. The topological polar surface area (TPSA) is 64.1 Å². The highest BCUT2D eigenvalue weighted by Crippen LogP contribution is 2.34. The molecule has 1 saturated heterocycles. The van der Waals surface area contributed by atoms with Crippen LogP contribution >= 0.6 is 35.6 Å². The third-order valence-corrected chi connectivity index (χ3v) is 9.23. The zero-order valence-electron chi connectivity index (χ0n) is 29.3. The van der Waals surface area contributed by atoms with Crippen molar-refractivity contribution in [3.63, 3.8) is 0 Å². The summed E-state index contributed by atoms with van der Waals surface area (Å²) in [5.74, 6) is 2.39. The summed E-state index contributed by atoms with van der Waals surface area (Å²) >= 11 is 12.6. The Balaban J connectivity index is 0.00000523. The Kier molecular flexibility index (Phi) is 14.0. The van der Waals surface area contributed by atoms with Gasteiger partial charge >= 0.3 is 0 Å². The molecule has 0 spiro atoms. The quantitative estimate of drug-likeness (QED) is 0.112. The summed E-state index contributed by atoms with van der Waals surface area (Å²) in [5.41, 5.74) is 6.45. The van der Waals surface area contributed by atoms with Gasteiger partial charge in [-0.25, -0.2) is 4.98 Å². The number of hydrogen-bond donors (Lipinski definition) is 0. The molecule has 0 radical (unpaired) electrons. The number of halogens is 3. The molecule has 10 heteroatoms. The van der Waals surface area contributed by atoms with Crippen LogP contribution in [0.25, 0.3) is 6.08 Å². The number of carbonyl (C=O) groups excluding carboxylic acids is 1. The van der Waals surface area contributed by atoms with Crippen molar-refractivity contribution in [2.45, 2.75) is 33.4 Å². The summed E-state index contributed by atoms with van der Waals surface area (Å²) in [6.45, 7) is 8.90. The second-order valence-corrected chi connectivity index (χ2v) is 13.5. The second kappa shape index (κ2) is 18.8. The first-order chi connectivity index (χ1) is 24.8. The largest absolute Gasteiger partial charge is 0.493 e. The van der Waals surface area contributed by atoms with Gasteiger partial charge in [-0.05, 0) is 90.2 Å². The number of ether oxygens (including phenoxy) is 3. The number of pyridine rings is 1. The van der Waals surface area contributed by atoms with Gasteiger partial charge in [-0.2, -0.15) is 0 Å². The van der Waals surface area contributed by atoms with Crippen LogP contribution in [-0.4, -0.2) is 53.5 Å². The summed E-state index contributed by atoms with van der Waals surface area (Å²) < 4.78 is 17.7. The van der Waals surface area contributed by atoms with Gasteiger partial charge in [0.15, 0.2) is 5.75 Å². The molecular weight excluding hydrogens is 717 g/mol. The van der Waals surface area contributed by atoms with E-state index in [9.17, 15) is 4.79 Å². The fourth-order valence-corrected chi connectivity index (χ4v) is 6.18. The minimum Gasteiger partial charge on any atom is -0.493 e. The first-order valence-corrected chi connectivity index (χ1v) is 17.8. The summed E-state index contributed by atoms with van der Waals surface area (Å²) in [6, 6.07) is 31.6. The van der Waals surface area contributed by atoms with Crippen molar-refractivity contribution in [3.05, 3.63) is 153 Å². The van der Waals surface area contributed by atoms with Crippen LogP contribution in [0.2, 0.25) is 10.0 Å². The molecule has 1 aliphatic rings. The van der Waals surface area contributed by atoms with Crippen LogP contribution in [0, 0.1) is 13.8 Å². The molecule has 0 aliphatic carbocycles. The second-order valence-electron chi connectivity index (χ2n) is 12.7. The molecule has 7 nitrogen and oxygen atoms in total. The Morgan fingerprint density at radius 1 is 0.788 bits per heavy atom. The van der Waals surface area contributed by atoms with Crippen molar-refractivity contribution in [2.75, 3.05) is 32.8 Å². The van der Waals surface area contributed by atoms with E-state index < -0.39 is 0 Å². The Labute approximate surface area is 322 Å². The summed E-state index contributed by atoms with van der Waals surface area (Å²) in [7, 11) is 0. The molecule has 2 heterocycles. The Morgan fingerprint density at radius 2 is 1.46 bits per heavy atom. The first kappa shape index (κ1) is 38.7. The molecule has 52 heavy (non-hydrogen) atoms. The molecule has 4 aromatic carbocycles. The summed E-state index contributed by atoms with van der Waals surface area (Å²) in [4.78, 5) is 21.7. The molecule has 0 saturated carbocycles. The van der Waals surface area contributed by atoms with E-state index >= 15 is 0 Å². The van der Waals surface area contributed by atoms with Gasteiger partial charge in [0.05, 0.1) is 17.8 Å². The fraction of sp³-hybridized carbons (Fsp3) is 0.238. The third kappa shape index (κ3) is 11.2. The lowest BCUT2D eigenvalue weighted by atomic mass is 10.1. The molecule has 1 amide bonds. The van der Waals surface area contributed by atoms with E-state index in [1.54, 1.807) is 30.5 Å². The Hall–Kier alpha value is -4.53. The molecule has 0 bridgehead atoms. The van der Waals surface area contributed by atoms with E-state index in [4.69, 9.17) is 37.4 Å². The van der Waals surface area contributed by atoms with E-state index in [1.165, 1.54) is 16.7 Å². The van der Waals surface area contributed by atoms with Gasteiger partial charge in [-0.15, -0.1) is 12.4 Å². The van der Waals surface area contributed by atoms with Crippen LogP contribution in [-0.2, 0) is 24.4 Å². The van der Waals surface area contributed by atoms with Gasteiger partial charge in [0.1, 0.15) is 18.1 Å². The normalized spacial score (nSPS) is 13.1. The van der Waals surface area contributed by atoms with Crippen LogP contribution in [0.3, 0.4) is 0 Å². The van der Waals surface area contributed by atoms with Crippen molar-refractivity contribution in [3.8, 4) is 23.1 Å². The number of piperazine rings is 1. The number of hydrogen-bond acceptors (Lipinski definition) is 6. The highest BCUT2D eigenvalue weighted by Gasteiger charge is 2.20. The lowest BCUT2D eigenvalue weighted by molar-refractivity contribution is -0.127. The first-order valence-electron chi connectivity index (χ1n) is 17.1. The monoisotopic (exact) mass is 757 g/mol. The highest BCUT2D eigenvalue weighted by molar-refractivity contribution is 6.32. The van der Waals surface area contributed by atoms with Crippen LogP contribution in [0.15, 0.2) is 109 Å². The number of aromatic nitrogens is 1. The van der Waals surface area contributed by atoms with Crippen LogP contribution < -0.4 is 14.2 Å². The number of nitrogens with zero attached hydrogens (tertiary/aromatic N) is 3.